The molecule has 1 heterocycles. The smallest absolute Gasteiger partial charge is 0.326 e. The van der Waals surface area contributed by atoms with E-state index in [1.165, 1.54) is 19.1 Å². The summed E-state index contributed by atoms with van der Waals surface area (Å²) in [6.07, 6.45) is 0. The zero-order valence-corrected chi connectivity index (χ0v) is 14.8. The summed E-state index contributed by atoms with van der Waals surface area (Å²) in [4.78, 5) is 48.4. The van der Waals surface area contributed by atoms with E-state index in [2.05, 4.69) is 16.1 Å². The van der Waals surface area contributed by atoms with E-state index >= 15 is 0 Å². The van der Waals surface area contributed by atoms with Gasteiger partial charge in [-0.15, -0.1) is 0 Å². The Morgan fingerprint density at radius 3 is 2.22 bits per heavy atom. The van der Waals surface area contributed by atoms with Crippen LogP contribution in [-0.4, -0.2) is 28.8 Å². The van der Waals surface area contributed by atoms with E-state index in [0.717, 1.165) is 0 Å². The minimum absolute atomic E-state index is 0.230. The highest BCUT2D eigenvalue weighted by Crippen LogP contribution is 2.27. The summed E-state index contributed by atoms with van der Waals surface area (Å²) in [5.74, 6) is -1.43. The molecule has 8 heteroatoms. The van der Waals surface area contributed by atoms with Crippen LogP contribution in [0.2, 0.25) is 0 Å². The molecule has 2 aromatic carbocycles. The topological polar surface area (TPSA) is 108 Å². The van der Waals surface area contributed by atoms with Gasteiger partial charge in [0.15, 0.2) is 0 Å². The van der Waals surface area contributed by atoms with Gasteiger partial charge in [0.05, 0.1) is 0 Å². The fourth-order valence-electron chi connectivity index (χ4n) is 2.78. The Bertz CT molecular complexity index is 911. The van der Waals surface area contributed by atoms with Crippen LogP contribution in [0.4, 0.5) is 10.5 Å². The van der Waals surface area contributed by atoms with Crippen molar-refractivity contribution in [2.24, 2.45) is 0 Å². The number of hydrogen-bond donors (Lipinski definition) is 3. The van der Waals surface area contributed by atoms with Crippen LogP contribution in [0.25, 0.3) is 0 Å². The van der Waals surface area contributed by atoms with Gasteiger partial charge in [-0.3, -0.25) is 19.8 Å². The number of imide groups is 1. The number of rotatable bonds is 4. The number of nitrogens with one attached hydrogen (secondary N) is 3. The second kappa shape index (κ2) is 6.91. The summed E-state index contributed by atoms with van der Waals surface area (Å²) in [7, 11) is 0. The first-order valence-corrected chi connectivity index (χ1v) is 8.22. The molecule has 0 bridgehead atoms. The van der Waals surface area contributed by atoms with Gasteiger partial charge in [0, 0.05) is 18.2 Å². The van der Waals surface area contributed by atoms with Crippen LogP contribution in [0, 0.1) is 0 Å². The molecule has 1 atom stereocenters. The average Bonchev–Trinajstić information content (AvgIpc) is 2.86. The van der Waals surface area contributed by atoms with Crippen LogP contribution in [0.5, 0.6) is 0 Å². The normalized spacial score (nSPS) is 18.8. The third kappa shape index (κ3) is 3.50. The monoisotopic (exact) mass is 366 g/mol. The summed E-state index contributed by atoms with van der Waals surface area (Å²) in [6.45, 7) is 2.96. The van der Waals surface area contributed by atoms with Gasteiger partial charge in [0.1, 0.15) is 5.54 Å². The highest BCUT2D eigenvalue weighted by Gasteiger charge is 2.50. The summed E-state index contributed by atoms with van der Waals surface area (Å²) in [6, 6.07) is 14.1. The molecule has 138 valence electrons. The maximum absolute atomic E-state index is 12.8. The van der Waals surface area contributed by atoms with E-state index in [9.17, 15) is 19.2 Å². The lowest BCUT2D eigenvalue weighted by Gasteiger charge is -2.22. The molecule has 5 amide bonds. The van der Waals surface area contributed by atoms with Crippen molar-refractivity contribution in [1.29, 1.82) is 0 Å². The predicted octanol–water partition coefficient (Wildman–Crippen LogP) is 1.76. The second-order valence-electron chi connectivity index (χ2n) is 6.26. The Morgan fingerprint density at radius 1 is 1.00 bits per heavy atom. The van der Waals surface area contributed by atoms with E-state index in [1.807, 2.05) is 0 Å². The van der Waals surface area contributed by atoms with Gasteiger partial charge in [-0.2, -0.15) is 5.01 Å². The zero-order valence-electron chi connectivity index (χ0n) is 14.8. The number of benzene rings is 2. The molecule has 1 aliphatic rings. The molecule has 3 N–H and O–H groups in total. The molecule has 1 aliphatic heterocycles. The van der Waals surface area contributed by atoms with Gasteiger partial charge in [-0.05, 0) is 36.8 Å². The Kier molecular flexibility index (Phi) is 4.64. The molecule has 2 aromatic rings. The number of amides is 5. The molecule has 0 radical (unpaired) electrons. The number of hydrogen-bond acceptors (Lipinski definition) is 4. The third-order valence-electron chi connectivity index (χ3n) is 4.22. The van der Waals surface area contributed by atoms with Gasteiger partial charge < -0.3 is 10.6 Å². The number of carbonyl (C=O) groups is 4. The molecule has 1 saturated heterocycles. The number of urea groups is 1. The Balaban J connectivity index is 1.75. The molecule has 27 heavy (non-hydrogen) atoms. The van der Waals surface area contributed by atoms with Crippen LogP contribution in [0.1, 0.15) is 29.8 Å². The fourth-order valence-corrected chi connectivity index (χ4v) is 2.78. The lowest BCUT2D eigenvalue weighted by atomic mass is 9.92. The van der Waals surface area contributed by atoms with Gasteiger partial charge in [0.25, 0.3) is 11.8 Å². The molecular formula is C19H18N4O4. The summed E-state index contributed by atoms with van der Waals surface area (Å²) >= 11 is 0. The largest absolute Gasteiger partial charge is 0.344 e. The Labute approximate surface area is 155 Å². The highest BCUT2D eigenvalue weighted by atomic mass is 16.2. The molecule has 0 saturated carbocycles. The van der Waals surface area contributed by atoms with E-state index in [4.69, 9.17) is 0 Å². The maximum Gasteiger partial charge on any atom is 0.344 e. The molecule has 0 aromatic heterocycles. The lowest BCUT2D eigenvalue weighted by molar-refractivity contribution is -0.132. The zero-order chi connectivity index (χ0) is 19.6. The minimum Gasteiger partial charge on any atom is -0.326 e. The quantitative estimate of drug-likeness (QED) is 0.717. The van der Waals surface area contributed by atoms with E-state index in [0.29, 0.717) is 16.3 Å². The minimum atomic E-state index is -1.26. The van der Waals surface area contributed by atoms with Crippen molar-refractivity contribution in [2.75, 3.05) is 5.32 Å². The van der Waals surface area contributed by atoms with Crippen molar-refractivity contribution in [2.45, 2.75) is 19.4 Å². The van der Waals surface area contributed by atoms with Crippen molar-refractivity contribution >= 4 is 29.4 Å². The van der Waals surface area contributed by atoms with Gasteiger partial charge >= 0.3 is 6.03 Å². The van der Waals surface area contributed by atoms with E-state index < -0.39 is 23.4 Å². The average molecular weight is 366 g/mol. The molecule has 0 aliphatic carbocycles. The molecule has 0 unspecified atom stereocenters. The van der Waals surface area contributed by atoms with Gasteiger partial charge in [-0.25, -0.2) is 4.79 Å². The first kappa shape index (κ1) is 18.1. The van der Waals surface area contributed by atoms with Gasteiger partial charge in [0.2, 0.25) is 5.91 Å². The van der Waals surface area contributed by atoms with Crippen molar-refractivity contribution in [3.8, 4) is 0 Å². The molecule has 1 fully saturated rings. The summed E-state index contributed by atoms with van der Waals surface area (Å²) in [5.41, 5.74) is 2.44. The fraction of sp³-hybridized carbons (Fsp3) is 0.158. The first-order chi connectivity index (χ1) is 12.8. The molecular weight excluding hydrogens is 348 g/mol. The standard InChI is InChI=1S/C19H18N4O4/c1-12(24)20-15-10-8-13(9-11-15)16(25)22-23-17(26)19(2,21-18(23)27)14-6-4-3-5-7-14/h3-11H,1-2H3,(H,20,24)(H,21,27)(H,22,25)/t19-/m0/s1. The predicted molar refractivity (Wildman–Crippen MR) is 97.4 cm³/mol. The number of anilines is 1. The number of carbonyl (C=O) groups excluding carboxylic acids is 4. The van der Waals surface area contributed by atoms with Crippen LogP contribution < -0.4 is 16.1 Å². The van der Waals surface area contributed by atoms with Crippen LogP contribution in [0.3, 0.4) is 0 Å². The van der Waals surface area contributed by atoms with Crippen LogP contribution in [0.15, 0.2) is 54.6 Å². The Hall–Kier alpha value is -3.68. The van der Waals surface area contributed by atoms with Crippen molar-refractivity contribution < 1.29 is 19.2 Å². The van der Waals surface area contributed by atoms with Crippen molar-refractivity contribution in [3.05, 3.63) is 65.7 Å². The SMILES string of the molecule is CC(=O)Nc1ccc(C(=O)NN2C(=O)N[C@@](C)(c3ccccc3)C2=O)cc1. The highest BCUT2D eigenvalue weighted by molar-refractivity contribution is 6.09. The van der Waals surface area contributed by atoms with E-state index in [1.54, 1.807) is 49.4 Å². The first-order valence-electron chi connectivity index (χ1n) is 8.22. The van der Waals surface area contributed by atoms with Crippen LogP contribution in [-0.2, 0) is 15.1 Å². The summed E-state index contributed by atoms with van der Waals surface area (Å²) < 4.78 is 0. The van der Waals surface area contributed by atoms with Crippen molar-refractivity contribution in [3.63, 3.8) is 0 Å². The third-order valence-corrected chi connectivity index (χ3v) is 4.22. The Morgan fingerprint density at radius 2 is 1.63 bits per heavy atom. The maximum atomic E-state index is 12.8. The number of hydrazine groups is 1. The van der Waals surface area contributed by atoms with E-state index in [-0.39, 0.29) is 11.5 Å². The molecule has 0 spiro atoms. The van der Waals surface area contributed by atoms with Crippen molar-refractivity contribution in [1.82, 2.24) is 15.8 Å². The second-order valence-corrected chi connectivity index (χ2v) is 6.26. The summed E-state index contributed by atoms with van der Waals surface area (Å²) in [5, 5.41) is 5.87. The number of nitrogens with zero attached hydrogens (tertiary/aromatic N) is 1. The molecule has 3 rings (SSSR count). The van der Waals surface area contributed by atoms with Crippen LogP contribution >= 0.6 is 0 Å². The lowest BCUT2D eigenvalue weighted by Crippen LogP contribution is -2.47. The van der Waals surface area contributed by atoms with Gasteiger partial charge in [-0.1, -0.05) is 30.3 Å². The molecule has 8 nitrogen and oxygen atoms in total.